The van der Waals surface area contributed by atoms with E-state index in [1.54, 1.807) is 12.3 Å². The van der Waals surface area contributed by atoms with E-state index in [9.17, 15) is 4.79 Å². The minimum atomic E-state index is -0.0734. The maximum atomic E-state index is 11.9. The zero-order valence-corrected chi connectivity index (χ0v) is 24.5. The quantitative estimate of drug-likeness (QED) is 0.262. The van der Waals surface area contributed by atoms with Crippen molar-refractivity contribution < 1.29 is 4.74 Å². The lowest BCUT2D eigenvalue weighted by Gasteiger charge is -2.36. The fourth-order valence-electron chi connectivity index (χ4n) is 6.10. The minimum Gasteiger partial charge on any atom is -0.381 e. The number of anilines is 2. The Morgan fingerprint density at radius 1 is 1.08 bits per heavy atom. The van der Waals surface area contributed by atoms with Gasteiger partial charge in [0.2, 0.25) is 5.56 Å². The zero-order chi connectivity index (χ0) is 26.8. The Morgan fingerprint density at radius 3 is 2.79 bits per heavy atom. The summed E-state index contributed by atoms with van der Waals surface area (Å²) in [6.45, 7) is 5.50. The summed E-state index contributed by atoms with van der Waals surface area (Å²) in [6.07, 6.45) is 8.51. The van der Waals surface area contributed by atoms with Gasteiger partial charge in [-0.2, -0.15) is 0 Å². The van der Waals surface area contributed by atoms with E-state index in [1.807, 2.05) is 29.6 Å². The van der Waals surface area contributed by atoms with Crippen molar-refractivity contribution in [3.63, 3.8) is 0 Å². The monoisotopic (exact) mass is 562 g/mol. The van der Waals surface area contributed by atoms with Crippen LogP contribution in [0.3, 0.4) is 0 Å². The third kappa shape index (κ3) is 6.19. The number of nitrogens with zero attached hydrogens (tertiary/aromatic N) is 2. The molecule has 6 rings (SSSR count). The van der Waals surface area contributed by atoms with Crippen LogP contribution in [0, 0.1) is 0 Å². The maximum Gasteiger partial charge on any atom is 0.249 e. The number of aromatic amines is 1. The maximum absolute atomic E-state index is 11.9. The standard InChI is InChI=1S/C31H38N4O2S2/c1-21(19-34(2)23-7-4-3-5-8-23)33-22-11-12-27-29(17-22)38-28-10-6-9-25(31(28)39-27)26-20-35(15-16-37-26)24-13-14-32-30(36)18-24/h6,9-14,17-18,21,23,26,33H,3-5,7-8,15-16,19-20H2,1-2H3,(H,32,36). The second kappa shape index (κ2) is 12.0. The summed E-state index contributed by atoms with van der Waals surface area (Å²) in [5.41, 5.74) is 3.29. The van der Waals surface area contributed by atoms with Gasteiger partial charge in [0.1, 0.15) is 6.10 Å². The smallest absolute Gasteiger partial charge is 0.249 e. The summed E-state index contributed by atoms with van der Waals surface area (Å²) in [7, 11) is 2.29. The highest BCUT2D eigenvalue weighted by molar-refractivity contribution is 8.05. The molecule has 2 unspecified atom stereocenters. The highest BCUT2D eigenvalue weighted by atomic mass is 32.2. The number of rotatable bonds is 7. The predicted octanol–water partition coefficient (Wildman–Crippen LogP) is 6.63. The Labute approximate surface area is 239 Å². The summed E-state index contributed by atoms with van der Waals surface area (Å²) in [4.78, 5) is 24.5. The molecule has 0 bridgehead atoms. The second-order valence-corrected chi connectivity index (χ2v) is 13.2. The number of morpholine rings is 1. The molecule has 206 valence electrons. The third-order valence-corrected chi connectivity index (χ3v) is 10.7. The van der Waals surface area contributed by atoms with Gasteiger partial charge in [-0.15, -0.1) is 0 Å². The number of likely N-dealkylation sites (N-methyl/N-ethyl adjacent to an activating group) is 1. The summed E-state index contributed by atoms with van der Waals surface area (Å²) < 4.78 is 6.27. The van der Waals surface area contributed by atoms with Crippen LogP contribution in [0.4, 0.5) is 11.4 Å². The van der Waals surface area contributed by atoms with Crippen molar-refractivity contribution in [1.29, 1.82) is 0 Å². The first-order valence-electron chi connectivity index (χ1n) is 14.2. The van der Waals surface area contributed by atoms with Crippen molar-refractivity contribution in [1.82, 2.24) is 9.88 Å². The van der Waals surface area contributed by atoms with Gasteiger partial charge in [-0.1, -0.05) is 54.9 Å². The number of hydrogen-bond donors (Lipinski definition) is 2. The molecule has 0 amide bonds. The lowest BCUT2D eigenvalue weighted by atomic mass is 9.94. The van der Waals surface area contributed by atoms with Gasteiger partial charge in [-0.25, -0.2) is 0 Å². The SMILES string of the molecule is CC(CN(C)C1CCCCC1)Nc1ccc2c(c1)Sc1cccc(C3CN(c4cc[nH]c(=O)c4)CCO3)c1S2. The van der Waals surface area contributed by atoms with Crippen LogP contribution >= 0.6 is 23.5 Å². The highest BCUT2D eigenvalue weighted by Gasteiger charge is 2.28. The van der Waals surface area contributed by atoms with Crippen LogP contribution in [0.25, 0.3) is 0 Å². The van der Waals surface area contributed by atoms with Crippen molar-refractivity contribution in [2.75, 3.05) is 43.5 Å². The van der Waals surface area contributed by atoms with Gasteiger partial charge in [0.25, 0.3) is 0 Å². The van der Waals surface area contributed by atoms with Gasteiger partial charge in [0, 0.05) is 74.9 Å². The van der Waals surface area contributed by atoms with E-state index < -0.39 is 0 Å². The van der Waals surface area contributed by atoms with E-state index >= 15 is 0 Å². The molecule has 1 saturated carbocycles. The van der Waals surface area contributed by atoms with E-state index in [-0.39, 0.29) is 11.7 Å². The Bertz CT molecular complexity index is 1360. The molecule has 2 aliphatic heterocycles. The number of ether oxygens (including phenoxy) is 1. The van der Waals surface area contributed by atoms with Crippen molar-refractivity contribution in [3.8, 4) is 0 Å². The van der Waals surface area contributed by atoms with Crippen molar-refractivity contribution in [3.05, 3.63) is 70.6 Å². The summed E-state index contributed by atoms with van der Waals surface area (Å²) >= 11 is 3.70. The first-order chi connectivity index (χ1) is 19.0. The lowest BCUT2D eigenvalue weighted by molar-refractivity contribution is 0.0379. The van der Waals surface area contributed by atoms with Gasteiger partial charge in [0.05, 0.1) is 6.61 Å². The van der Waals surface area contributed by atoms with Crippen molar-refractivity contribution >= 4 is 34.9 Å². The topological polar surface area (TPSA) is 60.6 Å². The largest absolute Gasteiger partial charge is 0.381 e. The van der Waals surface area contributed by atoms with Gasteiger partial charge in [0.15, 0.2) is 0 Å². The van der Waals surface area contributed by atoms with Gasteiger partial charge >= 0.3 is 0 Å². The summed E-state index contributed by atoms with van der Waals surface area (Å²) in [6, 6.07) is 18.1. The van der Waals surface area contributed by atoms with E-state index in [1.165, 1.54) is 62.9 Å². The molecule has 8 heteroatoms. The number of H-pyrrole nitrogens is 1. The summed E-state index contributed by atoms with van der Waals surface area (Å²) in [5, 5.41) is 3.76. The fraction of sp³-hybridized carbons (Fsp3) is 0.452. The molecule has 0 spiro atoms. The molecular formula is C31H38N4O2S2. The molecule has 2 aromatic carbocycles. The third-order valence-electron chi connectivity index (χ3n) is 8.10. The van der Waals surface area contributed by atoms with Crippen LogP contribution < -0.4 is 15.8 Å². The van der Waals surface area contributed by atoms with Crippen molar-refractivity contribution in [2.24, 2.45) is 0 Å². The molecule has 39 heavy (non-hydrogen) atoms. The van der Waals surface area contributed by atoms with Gasteiger partial charge in [-0.05, 0) is 62.7 Å². The first-order valence-corrected chi connectivity index (χ1v) is 15.8. The molecule has 1 saturated heterocycles. The van der Waals surface area contributed by atoms with Crippen molar-refractivity contribution in [2.45, 2.75) is 76.8 Å². The highest BCUT2D eigenvalue weighted by Crippen LogP contribution is 2.51. The Morgan fingerprint density at radius 2 is 1.95 bits per heavy atom. The Kier molecular flexibility index (Phi) is 8.25. The number of pyridine rings is 1. The average molecular weight is 563 g/mol. The van der Waals surface area contributed by atoms with Gasteiger partial charge in [-0.3, -0.25) is 4.79 Å². The molecule has 2 atom stereocenters. The summed E-state index contributed by atoms with van der Waals surface area (Å²) in [5.74, 6) is 0. The van der Waals surface area contributed by atoms with Crippen LogP contribution in [0.15, 0.2) is 79.1 Å². The lowest BCUT2D eigenvalue weighted by Crippen LogP contribution is -2.40. The molecule has 0 radical (unpaired) electrons. The molecule has 6 nitrogen and oxygen atoms in total. The van der Waals surface area contributed by atoms with Crippen LogP contribution in [0.1, 0.15) is 50.7 Å². The molecule has 1 aliphatic carbocycles. The average Bonchev–Trinajstić information content (AvgIpc) is 2.96. The molecule has 2 fully saturated rings. The first kappa shape index (κ1) is 26.8. The Balaban J connectivity index is 1.14. The van der Waals surface area contributed by atoms with E-state index in [2.05, 4.69) is 70.5 Å². The molecule has 3 aliphatic rings. The van der Waals surface area contributed by atoms with Crippen LogP contribution in [-0.4, -0.2) is 55.3 Å². The van der Waals surface area contributed by atoms with E-state index in [4.69, 9.17) is 4.74 Å². The van der Waals surface area contributed by atoms with E-state index in [0.29, 0.717) is 12.6 Å². The molecule has 3 heterocycles. The number of fused-ring (bicyclic) bond motifs is 2. The van der Waals surface area contributed by atoms with Gasteiger partial charge < -0.3 is 24.8 Å². The number of nitrogens with one attached hydrogen (secondary N) is 2. The molecular weight excluding hydrogens is 525 g/mol. The second-order valence-electron chi connectivity index (χ2n) is 11.0. The van der Waals surface area contributed by atoms with E-state index in [0.717, 1.165) is 31.4 Å². The predicted molar refractivity (Wildman–Crippen MR) is 162 cm³/mol. The minimum absolute atomic E-state index is 0.0365. The number of benzene rings is 2. The zero-order valence-electron chi connectivity index (χ0n) is 22.8. The number of hydrogen-bond acceptors (Lipinski definition) is 7. The normalized spacial score (nSPS) is 20.4. The number of aromatic nitrogens is 1. The van der Waals surface area contributed by atoms with Crippen LogP contribution in [0.5, 0.6) is 0 Å². The van der Waals surface area contributed by atoms with Crippen LogP contribution in [-0.2, 0) is 4.74 Å². The Hall–Kier alpha value is -2.39. The fourth-order valence-corrected chi connectivity index (χ4v) is 8.55. The molecule has 2 N–H and O–H groups in total. The van der Waals surface area contributed by atoms with Crippen LogP contribution in [0.2, 0.25) is 0 Å². The molecule has 3 aromatic rings. The molecule has 1 aromatic heterocycles.